The molecule has 0 bridgehead atoms. The SMILES string of the molecule is CC(C)N(C[C@H]1C=C(N)NC1)c1ccc(Cc2ccccc2)cc1. The minimum Gasteiger partial charge on any atom is -0.386 e. The minimum atomic E-state index is 0.459. The molecule has 1 aliphatic heterocycles. The number of nitrogens with two attached hydrogens (primary N) is 1. The van der Waals surface area contributed by atoms with Gasteiger partial charge in [-0.15, -0.1) is 0 Å². The monoisotopic (exact) mass is 321 g/mol. The molecule has 0 fully saturated rings. The van der Waals surface area contributed by atoms with Gasteiger partial charge in [0, 0.05) is 30.7 Å². The van der Waals surface area contributed by atoms with E-state index >= 15 is 0 Å². The molecule has 0 unspecified atom stereocenters. The maximum atomic E-state index is 5.84. The van der Waals surface area contributed by atoms with Gasteiger partial charge in [0.2, 0.25) is 0 Å². The van der Waals surface area contributed by atoms with Gasteiger partial charge in [0.1, 0.15) is 0 Å². The Morgan fingerprint density at radius 1 is 1.04 bits per heavy atom. The number of hydrogen-bond acceptors (Lipinski definition) is 3. The molecule has 0 aliphatic carbocycles. The Morgan fingerprint density at radius 3 is 2.29 bits per heavy atom. The van der Waals surface area contributed by atoms with Crippen molar-refractivity contribution in [2.75, 3.05) is 18.0 Å². The van der Waals surface area contributed by atoms with Crippen LogP contribution in [0.3, 0.4) is 0 Å². The number of anilines is 1. The summed E-state index contributed by atoms with van der Waals surface area (Å²) in [5.41, 5.74) is 9.82. The molecule has 3 N–H and O–H groups in total. The van der Waals surface area contributed by atoms with Crippen molar-refractivity contribution in [1.82, 2.24) is 5.32 Å². The zero-order valence-corrected chi connectivity index (χ0v) is 14.6. The van der Waals surface area contributed by atoms with Crippen molar-refractivity contribution in [3.63, 3.8) is 0 Å². The number of hydrogen-bond donors (Lipinski definition) is 2. The number of nitrogens with one attached hydrogen (secondary N) is 1. The van der Waals surface area contributed by atoms with Crippen LogP contribution in [0.2, 0.25) is 0 Å². The Hall–Kier alpha value is -2.42. The van der Waals surface area contributed by atoms with Crippen LogP contribution in [0, 0.1) is 5.92 Å². The van der Waals surface area contributed by atoms with E-state index in [0.29, 0.717) is 12.0 Å². The lowest BCUT2D eigenvalue weighted by Gasteiger charge is -2.31. The van der Waals surface area contributed by atoms with E-state index in [4.69, 9.17) is 5.73 Å². The summed E-state index contributed by atoms with van der Waals surface area (Å²) in [5, 5.41) is 3.21. The molecule has 2 aromatic rings. The van der Waals surface area contributed by atoms with Crippen LogP contribution in [0.5, 0.6) is 0 Å². The van der Waals surface area contributed by atoms with Crippen LogP contribution >= 0.6 is 0 Å². The van der Waals surface area contributed by atoms with Gasteiger partial charge < -0.3 is 16.0 Å². The van der Waals surface area contributed by atoms with Crippen molar-refractivity contribution < 1.29 is 0 Å². The molecular formula is C21H27N3. The standard InChI is InChI=1S/C21H27N3/c1-16(2)24(15-19-13-21(22)23-14-19)20-10-8-18(9-11-20)12-17-6-4-3-5-7-17/h3-11,13,16,19,23H,12,14-15,22H2,1-2H3/t19-/m0/s1. The molecule has 126 valence electrons. The van der Waals surface area contributed by atoms with Crippen molar-refractivity contribution >= 4 is 5.69 Å². The van der Waals surface area contributed by atoms with Gasteiger partial charge in [0.05, 0.1) is 5.82 Å². The third-order valence-electron chi connectivity index (χ3n) is 4.56. The second-order valence-electron chi connectivity index (χ2n) is 6.84. The fourth-order valence-corrected chi connectivity index (χ4v) is 3.24. The number of nitrogens with zero attached hydrogens (tertiary/aromatic N) is 1. The summed E-state index contributed by atoms with van der Waals surface area (Å²) >= 11 is 0. The highest BCUT2D eigenvalue weighted by molar-refractivity contribution is 5.49. The van der Waals surface area contributed by atoms with E-state index in [2.05, 4.69) is 84.7 Å². The summed E-state index contributed by atoms with van der Waals surface area (Å²) in [6.45, 7) is 6.41. The molecule has 3 rings (SSSR count). The van der Waals surface area contributed by atoms with Crippen molar-refractivity contribution in [3.8, 4) is 0 Å². The van der Waals surface area contributed by atoms with Gasteiger partial charge >= 0.3 is 0 Å². The summed E-state index contributed by atoms with van der Waals surface area (Å²) in [6.07, 6.45) is 3.12. The first kappa shape index (κ1) is 16.4. The number of rotatable bonds is 6. The molecule has 0 saturated carbocycles. The molecule has 3 heteroatoms. The third-order valence-corrected chi connectivity index (χ3v) is 4.56. The van der Waals surface area contributed by atoms with E-state index in [1.807, 2.05) is 0 Å². The van der Waals surface area contributed by atoms with Crippen LogP contribution in [0.4, 0.5) is 5.69 Å². The van der Waals surface area contributed by atoms with Gasteiger partial charge in [-0.05, 0) is 49.6 Å². The van der Waals surface area contributed by atoms with Gasteiger partial charge in [-0.25, -0.2) is 0 Å². The predicted octanol–water partition coefficient (Wildman–Crippen LogP) is 3.51. The predicted molar refractivity (Wildman–Crippen MR) is 102 cm³/mol. The highest BCUT2D eigenvalue weighted by atomic mass is 15.2. The van der Waals surface area contributed by atoms with Crippen molar-refractivity contribution in [1.29, 1.82) is 0 Å². The summed E-state index contributed by atoms with van der Waals surface area (Å²) in [4.78, 5) is 2.45. The van der Waals surface area contributed by atoms with Crippen molar-refractivity contribution in [2.24, 2.45) is 11.7 Å². The highest BCUT2D eigenvalue weighted by Gasteiger charge is 2.19. The molecule has 24 heavy (non-hydrogen) atoms. The van der Waals surface area contributed by atoms with Crippen LogP contribution < -0.4 is 16.0 Å². The van der Waals surface area contributed by atoms with Crippen LogP contribution in [-0.2, 0) is 6.42 Å². The molecule has 2 aromatic carbocycles. The normalized spacial score (nSPS) is 16.8. The molecule has 0 spiro atoms. The summed E-state index contributed by atoms with van der Waals surface area (Å²) < 4.78 is 0. The Balaban J connectivity index is 1.70. The van der Waals surface area contributed by atoms with Crippen molar-refractivity contribution in [3.05, 3.63) is 77.6 Å². The second-order valence-corrected chi connectivity index (χ2v) is 6.84. The Kier molecular flexibility index (Phi) is 5.09. The van der Waals surface area contributed by atoms with E-state index in [1.165, 1.54) is 16.8 Å². The van der Waals surface area contributed by atoms with Crippen LogP contribution in [0.25, 0.3) is 0 Å². The van der Waals surface area contributed by atoms with E-state index in [-0.39, 0.29) is 0 Å². The zero-order valence-electron chi connectivity index (χ0n) is 14.6. The first-order valence-corrected chi connectivity index (χ1v) is 8.72. The maximum Gasteiger partial charge on any atom is 0.0923 e. The van der Waals surface area contributed by atoms with Crippen LogP contribution in [0.1, 0.15) is 25.0 Å². The average Bonchev–Trinajstić information content (AvgIpc) is 2.99. The smallest absolute Gasteiger partial charge is 0.0923 e. The van der Waals surface area contributed by atoms with Crippen molar-refractivity contribution in [2.45, 2.75) is 26.3 Å². The average molecular weight is 321 g/mol. The Labute approximate surface area is 145 Å². The highest BCUT2D eigenvalue weighted by Crippen LogP contribution is 2.22. The summed E-state index contributed by atoms with van der Waals surface area (Å²) in [7, 11) is 0. The van der Waals surface area contributed by atoms with Gasteiger partial charge in [-0.1, -0.05) is 42.5 Å². The first-order chi connectivity index (χ1) is 11.6. The fourth-order valence-electron chi connectivity index (χ4n) is 3.24. The Bertz CT molecular complexity index is 674. The van der Waals surface area contributed by atoms with E-state index < -0.39 is 0 Å². The lowest BCUT2D eigenvalue weighted by Crippen LogP contribution is -2.36. The first-order valence-electron chi connectivity index (χ1n) is 8.72. The van der Waals surface area contributed by atoms with E-state index in [1.54, 1.807) is 0 Å². The van der Waals surface area contributed by atoms with E-state index in [0.717, 1.165) is 25.3 Å². The third kappa shape index (κ3) is 4.10. The fraction of sp³-hybridized carbons (Fsp3) is 0.333. The largest absolute Gasteiger partial charge is 0.386 e. The van der Waals surface area contributed by atoms with Gasteiger partial charge in [0.25, 0.3) is 0 Å². The zero-order chi connectivity index (χ0) is 16.9. The second kappa shape index (κ2) is 7.43. The lowest BCUT2D eigenvalue weighted by molar-refractivity contribution is 0.579. The Morgan fingerprint density at radius 2 is 1.71 bits per heavy atom. The topological polar surface area (TPSA) is 41.3 Å². The molecule has 3 nitrogen and oxygen atoms in total. The molecule has 1 aliphatic rings. The number of benzene rings is 2. The van der Waals surface area contributed by atoms with Crippen LogP contribution in [0.15, 0.2) is 66.5 Å². The van der Waals surface area contributed by atoms with E-state index in [9.17, 15) is 0 Å². The summed E-state index contributed by atoms with van der Waals surface area (Å²) in [5.74, 6) is 1.28. The molecule has 0 saturated heterocycles. The molecule has 0 radical (unpaired) electrons. The van der Waals surface area contributed by atoms with Gasteiger partial charge in [-0.2, -0.15) is 0 Å². The maximum absolute atomic E-state index is 5.84. The van der Waals surface area contributed by atoms with Gasteiger partial charge in [-0.3, -0.25) is 0 Å². The molecular weight excluding hydrogens is 294 g/mol. The molecule has 1 atom stereocenters. The van der Waals surface area contributed by atoms with Crippen LogP contribution in [-0.4, -0.2) is 19.1 Å². The molecule has 1 heterocycles. The molecule has 0 aromatic heterocycles. The van der Waals surface area contributed by atoms with Gasteiger partial charge in [0.15, 0.2) is 0 Å². The minimum absolute atomic E-state index is 0.459. The summed E-state index contributed by atoms with van der Waals surface area (Å²) in [6, 6.07) is 20.0. The lowest BCUT2D eigenvalue weighted by atomic mass is 10.0. The molecule has 0 amide bonds. The quantitative estimate of drug-likeness (QED) is 0.855.